The number of carbonyl (C=O) groups excluding carboxylic acids is 5. The number of fused-ring (bicyclic) bond motifs is 5. The summed E-state index contributed by atoms with van der Waals surface area (Å²) in [6, 6.07) is 6.58. The van der Waals surface area contributed by atoms with E-state index in [9.17, 15) is 44.4 Å². The molecule has 1 aliphatic heterocycles. The highest BCUT2D eigenvalue weighted by molar-refractivity contribution is 5.89. The van der Waals surface area contributed by atoms with Gasteiger partial charge in [0, 0.05) is 32.1 Å². The molecular formula is C44H62N2O15. The number of rotatable bonds is 11. The van der Waals surface area contributed by atoms with Crippen molar-refractivity contribution in [2.75, 3.05) is 6.61 Å². The molecule has 2 saturated carbocycles. The third-order valence-electron chi connectivity index (χ3n) is 13.2. The molecule has 1 amide bonds. The van der Waals surface area contributed by atoms with Crippen molar-refractivity contribution in [3.8, 4) is 0 Å². The van der Waals surface area contributed by atoms with Crippen LogP contribution in [-0.4, -0.2) is 135 Å². The fraction of sp³-hybridized carbons (Fsp3) is 0.682. The number of aliphatic imine (C=N–C) groups is 1. The molecule has 1 aromatic carbocycles. The zero-order chi connectivity index (χ0) is 45.8. The number of esters is 4. The number of carbonyl (C=O) groups is 5. The van der Waals surface area contributed by atoms with E-state index in [0.717, 1.165) is 13.8 Å². The van der Waals surface area contributed by atoms with Crippen LogP contribution in [0.3, 0.4) is 0 Å². The molecule has 1 aromatic rings. The molecule has 1 saturated heterocycles. The maximum Gasteiger partial charge on any atom is 0.407 e. The zero-order valence-corrected chi connectivity index (χ0v) is 36.8. The van der Waals surface area contributed by atoms with Crippen molar-refractivity contribution in [1.29, 1.82) is 0 Å². The summed E-state index contributed by atoms with van der Waals surface area (Å²) in [4.78, 5) is 72.2. The third-order valence-corrected chi connectivity index (χ3v) is 13.2. The van der Waals surface area contributed by atoms with Gasteiger partial charge >= 0.3 is 30.0 Å². The van der Waals surface area contributed by atoms with Gasteiger partial charge in [-0.2, -0.15) is 0 Å². The van der Waals surface area contributed by atoms with Crippen molar-refractivity contribution in [2.24, 2.45) is 21.7 Å². The molecule has 17 heteroatoms. The Bertz CT molecular complexity index is 1930. The van der Waals surface area contributed by atoms with Crippen LogP contribution in [0.2, 0.25) is 0 Å². The first kappa shape index (κ1) is 47.6. The lowest BCUT2D eigenvalue weighted by atomic mass is 9.41. The van der Waals surface area contributed by atoms with E-state index in [-0.39, 0.29) is 35.5 Å². The van der Waals surface area contributed by atoms with Crippen LogP contribution in [0.4, 0.5) is 4.79 Å². The number of hydrogen-bond acceptors (Lipinski definition) is 16. The molecule has 5 N–H and O–H groups in total. The number of alkyl carbamates (subject to hydrolysis) is 1. The molecule has 17 nitrogen and oxygen atoms in total. The second kappa shape index (κ2) is 16.7. The summed E-state index contributed by atoms with van der Waals surface area (Å²) in [5.74, 6) is -4.04. The van der Waals surface area contributed by atoms with Crippen molar-refractivity contribution >= 4 is 36.7 Å². The van der Waals surface area contributed by atoms with Gasteiger partial charge in [0.1, 0.15) is 29.5 Å². The van der Waals surface area contributed by atoms with Crippen LogP contribution in [-0.2, 0) is 42.8 Å². The average Bonchev–Trinajstić information content (AvgIpc) is 3.14. The molecular weight excluding hydrogens is 796 g/mol. The van der Waals surface area contributed by atoms with Gasteiger partial charge in [0.2, 0.25) is 0 Å². The number of benzene rings is 1. The molecule has 1 heterocycles. The van der Waals surface area contributed by atoms with Gasteiger partial charge in [0.15, 0.2) is 29.5 Å². The molecule has 4 aliphatic rings. The van der Waals surface area contributed by atoms with E-state index in [1.54, 1.807) is 52.8 Å². The van der Waals surface area contributed by atoms with Crippen molar-refractivity contribution in [2.45, 2.75) is 167 Å². The first-order valence-corrected chi connectivity index (χ1v) is 20.5. The number of nitrogens with one attached hydrogen (secondary N) is 1. The Kier molecular flexibility index (Phi) is 13.0. The highest BCUT2D eigenvalue weighted by atomic mass is 16.6. The molecule has 12 atom stereocenters. The van der Waals surface area contributed by atoms with Crippen LogP contribution in [0.25, 0.3) is 0 Å². The molecule has 0 aromatic heterocycles. The van der Waals surface area contributed by atoms with E-state index >= 15 is 0 Å². The van der Waals surface area contributed by atoms with Gasteiger partial charge in [0.25, 0.3) is 0 Å². The lowest BCUT2D eigenvalue weighted by molar-refractivity contribution is -0.371. The molecule has 61 heavy (non-hydrogen) atoms. The van der Waals surface area contributed by atoms with Gasteiger partial charge in [-0.1, -0.05) is 52.8 Å². The number of ether oxygens (including phenoxy) is 6. The van der Waals surface area contributed by atoms with E-state index in [4.69, 9.17) is 28.4 Å². The molecule has 3 fully saturated rings. The van der Waals surface area contributed by atoms with Crippen LogP contribution in [0, 0.1) is 16.7 Å². The highest BCUT2D eigenvalue weighted by Crippen LogP contribution is 2.68. The maximum atomic E-state index is 14.4. The first-order chi connectivity index (χ1) is 28.1. The summed E-state index contributed by atoms with van der Waals surface area (Å²) in [5.41, 5.74) is -11.3. The van der Waals surface area contributed by atoms with Crippen LogP contribution >= 0.6 is 0 Å². The van der Waals surface area contributed by atoms with Gasteiger partial charge in [-0.05, 0) is 70.0 Å². The van der Waals surface area contributed by atoms with Gasteiger partial charge in [0.05, 0.1) is 29.7 Å². The summed E-state index contributed by atoms with van der Waals surface area (Å²) >= 11 is 0. The quantitative estimate of drug-likeness (QED) is 0.0929. The van der Waals surface area contributed by atoms with Gasteiger partial charge in [-0.3, -0.25) is 14.6 Å². The summed E-state index contributed by atoms with van der Waals surface area (Å²) in [6.45, 7) is 20.4. The molecule has 338 valence electrons. The SMILES string of the molecule is C=N[C@]12[C@H](OC(=O)c3ccccc3)[C@]3(O)C[C@H](OC(=O)[C@H](O)[C@H](CC(C)C)NC(=O)OC(C)(C)C)C(C)=C([C@H](OC(C)=O)[C@H](O)[C@]1(C)[C@@H](O)C[C@H]1OC[C@]12OC(C)=O)C3(C)C. The van der Waals surface area contributed by atoms with E-state index in [2.05, 4.69) is 17.0 Å². The largest absolute Gasteiger partial charge is 0.456 e. The summed E-state index contributed by atoms with van der Waals surface area (Å²) in [7, 11) is 0. The standard InChI is InChI=1S/C44H62N2O15/c1-22(2)18-27(46-38(54)61-39(6,7)8)32(50)36(53)58-28-20-42(55)37(59-35(52)26-16-14-13-15-17-26)44(45-12)41(11,29(49)19-30-43(44,21-56-30)60-25(5)48)34(51)33(57-24(4)47)31(23(28)3)40(42,9)10/h13-17,22,27-30,32-34,37,49-51,55H,12,18-21H2,1-11H3,(H,46,54)/t27-,28-,29-,30+,32+,33-,34-,37+,41-,42+,43-,44+/m0/s1. The van der Waals surface area contributed by atoms with Crippen molar-refractivity contribution < 1.29 is 72.8 Å². The minimum atomic E-state index is -2.50. The maximum absolute atomic E-state index is 14.4. The first-order valence-electron chi connectivity index (χ1n) is 20.5. The fourth-order valence-electron chi connectivity index (χ4n) is 10.3. The summed E-state index contributed by atoms with van der Waals surface area (Å²) < 4.78 is 35.9. The smallest absolute Gasteiger partial charge is 0.407 e. The average molecular weight is 859 g/mol. The number of amides is 1. The highest BCUT2D eigenvalue weighted by Gasteiger charge is 2.86. The van der Waals surface area contributed by atoms with Crippen LogP contribution in [0.5, 0.6) is 0 Å². The Morgan fingerprint density at radius 2 is 1.62 bits per heavy atom. The monoisotopic (exact) mass is 858 g/mol. The van der Waals surface area contributed by atoms with E-state index in [1.165, 1.54) is 26.0 Å². The second-order valence-electron chi connectivity index (χ2n) is 19.0. The summed E-state index contributed by atoms with van der Waals surface area (Å²) in [6.07, 6.45) is -13.5. The van der Waals surface area contributed by atoms with Crippen LogP contribution in [0.15, 0.2) is 46.5 Å². The normalized spacial score (nSPS) is 35.0. The fourth-order valence-corrected chi connectivity index (χ4v) is 10.3. The predicted octanol–water partition coefficient (Wildman–Crippen LogP) is 3.12. The molecule has 2 bridgehead atoms. The minimum Gasteiger partial charge on any atom is -0.456 e. The Morgan fingerprint density at radius 1 is 1.00 bits per heavy atom. The number of hydrogen-bond donors (Lipinski definition) is 5. The third kappa shape index (κ3) is 7.85. The minimum absolute atomic E-state index is 0.0343. The van der Waals surface area contributed by atoms with E-state index < -0.39 is 125 Å². The van der Waals surface area contributed by atoms with E-state index in [0.29, 0.717) is 0 Å². The van der Waals surface area contributed by atoms with Gasteiger partial charge < -0.3 is 54.2 Å². The molecule has 0 spiro atoms. The molecule has 3 aliphatic carbocycles. The molecule has 0 unspecified atom stereocenters. The summed E-state index contributed by atoms with van der Waals surface area (Å²) in [5, 5.41) is 53.1. The number of aliphatic hydroxyl groups excluding tert-OH is 3. The second-order valence-corrected chi connectivity index (χ2v) is 19.0. The van der Waals surface area contributed by atoms with Crippen LogP contribution < -0.4 is 5.32 Å². The predicted molar refractivity (Wildman–Crippen MR) is 217 cm³/mol. The van der Waals surface area contributed by atoms with Crippen molar-refractivity contribution in [3.63, 3.8) is 0 Å². The lowest BCUT2D eigenvalue weighted by Gasteiger charge is -2.72. The molecule has 0 radical (unpaired) electrons. The number of aliphatic hydroxyl groups is 4. The van der Waals surface area contributed by atoms with Gasteiger partial charge in [-0.15, -0.1) is 0 Å². The van der Waals surface area contributed by atoms with E-state index in [1.807, 2.05) is 13.8 Å². The topological polar surface area (TPSA) is 246 Å². The van der Waals surface area contributed by atoms with Crippen molar-refractivity contribution in [1.82, 2.24) is 5.32 Å². The Hall–Kier alpha value is -4.42. The van der Waals surface area contributed by atoms with Crippen LogP contribution in [0.1, 0.15) is 106 Å². The Labute approximate surface area is 356 Å². The lowest BCUT2D eigenvalue weighted by Crippen LogP contribution is -2.90. The van der Waals surface area contributed by atoms with Gasteiger partial charge in [-0.25, -0.2) is 14.4 Å². The molecule has 5 rings (SSSR count). The Balaban J connectivity index is 1.78. The van der Waals surface area contributed by atoms with Crippen molar-refractivity contribution in [3.05, 3.63) is 47.0 Å². The zero-order valence-electron chi connectivity index (χ0n) is 36.8. The number of nitrogens with zero attached hydrogens (tertiary/aromatic N) is 1. The Morgan fingerprint density at radius 3 is 2.13 bits per heavy atom.